The van der Waals surface area contributed by atoms with Crippen molar-refractivity contribution in [2.24, 2.45) is 10.8 Å². The molecule has 0 atom stereocenters. The van der Waals surface area contributed by atoms with Crippen LogP contribution in [0.5, 0.6) is 5.75 Å². The van der Waals surface area contributed by atoms with Gasteiger partial charge in [-0.2, -0.15) is 5.10 Å². The van der Waals surface area contributed by atoms with Crippen LogP contribution in [0.2, 0.25) is 0 Å². The van der Waals surface area contributed by atoms with Gasteiger partial charge in [-0.05, 0) is 49.0 Å². The van der Waals surface area contributed by atoms with Crippen molar-refractivity contribution in [3.05, 3.63) is 29.8 Å². The molecule has 102 valence electrons. The first-order chi connectivity index (χ1) is 9.11. The summed E-state index contributed by atoms with van der Waals surface area (Å²) in [5.41, 5.74) is 8.53. The van der Waals surface area contributed by atoms with Crippen molar-refractivity contribution >= 4 is 29.5 Å². The Bertz CT molecular complexity index is 459. The van der Waals surface area contributed by atoms with Gasteiger partial charge in [0.05, 0.1) is 6.21 Å². The van der Waals surface area contributed by atoms with E-state index in [4.69, 9.17) is 22.7 Å². The van der Waals surface area contributed by atoms with Crippen molar-refractivity contribution in [1.82, 2.24) is 10.7 Å². The minimum absolute atomic E-state index is 0.133. The Morgan fingerprint density at radius 2 is 2.16 bits per heavy atom. The highest BCUT2D eigenvalue weighted by atomic mass is 32.1. The molecule has 1 amide bonds. The van der Waals surface area contributed by atoms with Gasteiger partial charge in [0.1, 0.15) is 5.75 Å². The van der Waals surface area contributed by atoms with E-state index in [2.05, 4.69) is 15.8 Å². The van der Waals surface area contributed by atoms with E-state index in [0.29, 0.717) is 10.9 Å². The number of carbonyl (C=O) groups excluding carboxylic acids is 1. The summed E-state index contributed by atoms with van der Waals surface area (Å²) in [4.78, 5) is 10.5. The number of nitrogens with two attached hydrogens (primary N) is 1. The number of hydrazone groups is 1. The number of nitrogens with one attached hydrogen (secondary N) is 2. The predicted octanol–water partition coefficient (Wildman–Crippen LogP) is 0.369. The molecule has 0 heterocycles. The van der Waals surface area contributed by atoms with Gasteiger partial charge in [-0.15, -0.1) is 0 Å². The Labute approximate surface area is 117 Å². The molecule has 0 fully saturated rings. The molecule has 19 heavy (non-hydrogen) atoms. The topological polar surface area (TPSA) is 88.7 Å². The van der Waals surface area contributed by atoms with Gasteiger partial charge in [0.15, 0.2) is 11.7 Å². The number of thiocarbonyl (C=S) groups is 1. The summed E-state index contributed by atoms with van der Waals surface area (Å²) in [6.45, 7) is 2.56. The predicted molar refractivity (Wildman–Crippen MR) is 78.1 cm³/mol. The SMILES string of the molecule is CCNC(=S)N/N=C/c1ccc(OCC(N)=O)cc1. The smallest absolute Gasteiger partial charge is 0.255 e. The Kier molecular flexibility index (Phi) is 6.31. The maximum Gasteiger partial charge on any atom is 0.255 e. The number of amides is 1. The van der Waals surface area contributed by atoms with Gasteiger partial charge in [0, 0.05) is 6.54 Å². The van der Waals surface area contributed by atoms with E-state index < -0.39 is 5.91 Å². The molecule has 1 aromatic carbocycles. The quantitative estimate of drug-likeness (QED) is 0.398. The largest absolute Gasteiger partial charge is 0.484 e. The molecule has 0 saturated heterocycles. The fraction of sp³-hybridized carbons (Fsp3) is 0.250. The van der Waals surface area contributed by atoms with E-state index >= 15 is 0 Å². The molecule has 0 aliphatic heterocycles. The first kappa shape index (κ1) is 14.9. The average Bonchev–Trinajstić information content (AvgIpc) is 2.38. The van der Waals surface area contributed by atoms with Crippen molar-refractivity contribution in [3.63, 3.8) is 0 Å². The number of rotatable bonds is 6. The van der Waals surface area contributed by atoms with Crippen LogP contribution in [0, 0.1) is 0 Å². The monoisotopic (exact) mass is 280 g/mol. The van der Waals surface area contributed by atoms with Gasteiger partial charge in [-0.1, -0.05) is 0 Å². The second kappa shape index (κ2) is 8.04. The standard InChI is InChI=1S/C12H16N4O2S/c1-2-14-12(19)16-15-7-9-3-5-10(6-4-9)18-8-11(13)17/h3-7H,2,8H2,1H3,(H2,13,17)(H2,14,16,19)/b15-7+. The summed E-state index contributed by atoms with van der Waals surface area (Å²) in [6.07, 6.45) is 1.63. The van der Waals surface area contributed by atoms with Crippen LogP contribution >= 0.6 is 12.2 Å². The van der Waals surface area contributed by atoms with Crippen LogP contribution in [0.4, 0.5) is 0 Å². The first-order valence-corrected chi connectivity index (χ1v) is 6.10. The zero-order valence-corrected chi connectivity index (χ0v) is 11.4. The number of ether oxygens (including phenoxy) is 1. The van der Waals surface area contributed by atoms with Gasteiger partial charge < -0.3 is 15.8 Å². The summed E-state index contributed by atoms with van der Waals surface area (Å²) in [7, 11) is 0. The molecule has 4 N–H and O–H groups in total. The molecule has 0 saturated carbocycles. The number of hydrogen-bond acceptors (Lipinski definition) is 4. The average molecular weight is 280 g/mol. The minimum Gasteiger partial charge on any atom is -0.484 e. The number of primary amides is 1. The van der Waals surface area contributed by atoms with Gasteiger partial charge in [-0.3, -0.25) is 10.2 Å². The third kappa shape index (κ3) is 6.37. The lowest BCUT2D eigenvalue weighted by molar-refractivity contribution is -0.119. The third-order valence-corrected chi connectivity index (χ3v) is 2.21. The second-order valence-electron chi connectivity index (χ2n) is 3.55. The Morgan fingerprint density at radius 3 is 2.74 bits per heavy atom. The Hall–Kier alpha value is -2.15. The molecule has 1 rings (SSSR count). The van der Waals surface area contributed by atoms with Crippen LogP contribution in [0.1, 0.15) is 12.5 Å². The zero-order chi connectivity index (χ0) is 14.1. The fourth-order valence-corrected chi connectivity index (χ4v) is 1.37. The number of nitrogens with zero attached hydrogens (tertiary/aromatic N) is 1. The number of benzene rings is 1. The van der Waals surface area contributed by atoms with Crippen molar-refractivity contribution < 1.29 is 9.53 Å². The van der Waals surface area contributed by atoms with Gasteiger partial charge >= 0.3 is 0 Å². The molecule has 0 bridgehead atoms. The molecule has 6 nitrogen and oxygen atoms in total. The highest BCUT2D eigenvalue weighted by molar-refractivity contribution is 7.80. The molecular weight excluding hydrogens is 264 g/mol. The minimum atomic E-state index is -0.508. The maximum absolute atomic E-state index is 10.5. The van der Waals surface area contributed by atoms with E-state index in [1.54, 1.807) is 30.5 Å². The lowest BCUT2D eigenvalue weighted by atomic mass is 10.2. The molecule has 0 aliphatic carbocycles. The van der Waals surface area contributed by atoms with E-state index in [-0.39, 0.29) is 6.61 Å². The van der Waals surface area contributed by atoms with Crippen LogP contribution in [-0.4, -0.2) is 30.4 Å². The summed E-state index contributed by atoms with van der Waals surface area (Å²) >= 11 is 4.95. The van der Waals surface area contributed by atoms with Crippen LogP contribution in [0.15, 0.2) is 29.4 Å². The van der Waals surface area contributed by atoms with Crippen LogP contribution in [0.25, 0.3) is 0 Å². The molecule has 1 aromatic rings. The van der Waals surface area contributed by atoms with E-state index in [1.165, 1.54) is 0 Å². The molecule has 7 heteroatoms. The Balaban J connectivity index is 2.45. The lowest BCUT2D eigenvalue weighted by Gasteiger charge is -2.04. The Morgan fingerprint density at radius 1 is 1.47 bits per heavy atom. The third-order valence-electron chi connectivity index (χ3n) is 1.98. The maximum atomic E-state index is 10.5. The van der Waals surface area contributed by atoms with Gasteiger partial charge in [0.25, 0.3) is 5.91 Å². The molecule has 0 aromatic heterocycles. The number of hydrogen-bond donors (Lipinski definition) is 3. The highest BCUT2D eigenvalue weighted by Gasteiger charge is 1.97. The van der Waals surface area contributed by atoms with Crippen LogP contribution in [0.3, 0.4) is 0 Å². The summed E-state index contributed by atoms with van der Waals surface area (Å²) in [5.74, 6) is 0.0684. The van der Waals surface area contributed by atoms with Crippen LogP contribution < -0.4 is 21.2 Å². The fourth-order valence-electron chi connectivity index (χ4n) is 1.17. The van der Waals surface area contributed by atoms with Crippen LogP contribution in [-0.2, 0) is 4.79 Å². The van der Waals surface area contributed by atoms with Crippen molar-refractivity contribution in [1.29, 1.82) is 0 Å². The van der Waals surface area contributed by atoms with E-state index in [0.717, 1.165) is 12.1 Å². The molecule has 0 spiro atoms. The lowest BCUT2D eigenvalue weighted by Crippen LogP contribution is -2.31. The van der Waals surface area contributed by atoms with E-state index in [9.17, 15) is 4.79 Å². The van der Waals surface area contributed by atoms with Crippen molar-refractivity contribution in [2.45, 2.75) is 6.92 Å². The second-order valence-corrected chi connectivity index (χ2v) is 3.96. The molecule has 0 aliphatic rings. The van der Waals surface area contributed by atoms with Crippen molar-refractivity contribution in [2.75, 3.05) is 13.2 Å². The zero-order valence-electron chi connectivity index (χ0n) is 10.6. The summed E-state index contributed by atoms with van der Waals surface area (Å²) in [5, 5.41) is 7.35. The molecule has 0 unspecified atom stereocenters. The van der Waals surface area contributed by atoms with E-state index in [1.807, 2.05) is 6.92 Å². The molecule has 0 radical (unpaired) electrons. The van der Waals surface area contributed by atoms with Gasteiger partial charge in [0.2, 0.25) is 0 Å². The van der Waals surface area contributed by atoms with Gasteiger partial charge in [-0.25, -0.2) is 0 Å². The highest BCUT2D eigenvalue weighted by Crippen LogP contribution is 2.10. The normalized spacial score (nSPS) is 10.2. The first-order valence-electron chi connectivity index (χ1n) is 5.70. The number of carbonyl (C=O) groups is 1. The summed E-state index contributed by atoms with van der Waals surface area (Å²) < 4.78 is 5.13. The molecular formula is C12H16N4O2S. The van der Waals surface area contributed by atoms with Crippen molar-refractivity contribution in [3.8, 4) is 5.75 Å². The summed E-state index contributed by atoms with van der Waals surface area (Å²) in [6, 6.07) is 7.06.